The van der Waals surface area contributed by atoms with Crippen molar-refractivity contribution < 1.29 is 27.6 Å². The molecule has 6 rings (SSSR count). The maximum Gasteiger partial charge on any atom is 0.416 e. The number of pyridine rings is 1. The zero-order chi connectivity index (χ0) is 26.1. The van der Waals surface area contributed by atoms with Crippen LogP contribution >= 0.6 is 0 Å². The normalized spacial score (nSPS) is 22.5. The molecule has 4 heterocycles. The molecule has 0 spiro atoms. The minimum absolute atomic E-state index is 0.0218. The van der Waals surface area contributed by atoms with Gasteiger partial charge in [0.05, 0.1) is 34.4 Å². The number of benzene rings is 2. The standard InChI is InChI=1S/C25H17F3N6O3/c26-25(27,28)14-3-1-4-15(9-14)31-23(36)32-12-16-10-19(32)21-22(35)34(24(37)33(16)21)18-7-6-13(11-29)20-17(18)5-2-8-30-20/h1-9,16,19,21H,10,12H2,(H,31,36)/t16-,19-,21-/m0/s1. The van der Waals surface area contributed by atoms with Crippen molar-refractivity contribution in [2.75, 3.05) is 16.8 Å². The Morgan fingerprint density at radius 2 is 1.95 bits per heavy atom. The lowest BCUT2D eigenvalue weighted by Gasteiger charge is -2.34. The molecule has 3 fully saturated rings. The lowest BCUT2D eigenvalue weighted by atomic mass is 10.1. The molecule has 0 radical (unpaired) electrons. The largest absolute Gasteiger partial charge is 0.416 e. The third kappa shape index (κ3) is 3.38. The average Bonchev–Trinajstić information content (AvgIpc) is 3.54. The summed E-state index contributed by atoms with van der Waals surface area (Å²) in [6.45, 7) is 0.147. The lowest BCUT2D eigenvalue weighted by Crippen LogP contribution is -2.55. The van der Waals surface area contributed by atoms with E-state index >= 15 is 0 Å². The lowest BCUT2D eigenvalue weighted by molar-refractivity contribution is -0.137. The van der Waals surface area contributed by atoms with Crippen molar-refractivity contribution in [3.63, 3.8) is 0 Å². The summed E-state index contributed by atoms with van der Waals surface area (Å²) in [4.78, 5) is 48.1. The second-order valence-corrected chi connectivity index (χ2v) is 9.07. The van der Waals surface area contributed by atoms with Gasteiger partial charge >= 0.3 is 18.2 Å². The summed E-state index contributed by atoms with van der Waals surface area (Å²) in [5.74, 6) is -0.510. The van der Waals surface area contributed by atoms with Gasteiger partial charge in [-0.3, -0.25) is 9.78 Å². The van der Waals surface area contributed by atoms with Crippen LogP contribution in [-0.2, 0) is 11.0 Å². The van der Waals surface area contributed by atoms with E-state index in [0.29, 0.717) is 28.6 Å². The van der Waals surface area contributed by atoms with E-state index in [1.807, 2.05) is 6.07 Å². The summed E-state index contributed by atoms with van der Waals surface area (Å²) in [7, 11) is 0. The first-order chi connectivity index (χ1) is 17.7. The van der Waals surface area contributed by atoms with Gasteiger partial charge in [0.2, 0.25) is 0 Å². The highest BCUT2D eigenvalue weighted by Gasteiger charge is 2.63. The Bertz CT molecular complexity index is 1530. The molecule has 3 aliphatic heterocycles. The summed E-state index contributed by atoms with van der Waals surface area (Å²) in [5.41, 5.74) is 0.0461. The molecule has 5 amide bonds. The van der Waals surface area contributed by atoms with Crippen molar-refractivity contribution >= 4 is 40.2 Å². The minimum Gasteiger partial charge on any atom is -0.317 e. The number of hydrogen-bond acceptors (Lipinski definition) is 5. The van der Waals surface area contributed by atoms with Crippen LogP contribution in [0, 0.1) is 11.3 Å². The smallest absolute Gasteiger partial charge is 0.317 e. The molecule has 3 aliphatic rings. The van der Waals surface area contributed by atoms with Crippen molar-refractivity contribution in [1.29, 1.82) is 5.26 Å². The Kier molecular flexibility index (Phi) is 4.88. The number of likely N-dealkylation sites (tertiary alicyclic amines) is 1. The number of urea groups is 2. The molecule has 12 heteroatoms. The molecular formula is C25H17F3N6O3. The van der Waals surface area contributed by atoms with Crippen molar-refractivity contribution in [3.05, 3.63) is 65.9 Å². The molecule has 3 saturated heterocycles. The SMILES string of the molecule is N#Cc1ccc(N2C(=O)[C@@H]3[C@@H]4C[C@@H](CN4C(=O)Nc4cccc(C(F)(F)F)c4)N3C2=O)c2cccnc12. The molecular weight excluding hydrogens is 489 g/mol. The van der Waals surface area contributed by atoms with E-state index in [9.17, 15) is 32.8 Å². The highest BCUT2D eigenvalue weighted by atomic mass is 19.4. The van der Waals surface area contributed by atoms with Gasteiger partial charge in [0.25, 0.3) is 5.91 Å². The van der Waals surface area contributed by atoms with E-state index in [2.05, 4.69) is 10.3 Å². The van der Waals surface area contributed by atoms with Gasteiger partial charge in [0, 0.05) is 23.8 Å². The Labute approximate surface area is 207 Å². The fourth-order valence-electron chi connectivity index (χ4n) is 5.52. The highest BCUT2D eigenvalue weighted by molar-refractivity contribution is 6.25. The van der Waals surface area contributed by atoms with Crippen molar-refractivity contribution in [3.8, 4) is 6.07 Å². The molecule has 3 aromatic rings. The Balaban J connectivity index is 1.28. The number of aromatic nitrogens is 1. The molecule has 2 aromatic carbocycles. The number of nitrogens with zero attached hydrogens (tertiary/aromatic N) is 5. The maximum absolute atomic E-state index is 13.6. The van der Waals surface area contributed by atoms with Gasteiger partial charge in [-0.25, -0.2) is 14.5 Å². The summed E-state index contributed by atoms with van der Waals surface area (Å²) in [6, 6.07) is 9.58. The van der Waals surface area contributed by atoms with Gasteiger partial charge < -0.3 is 15.1 Å². The Hall–Kier alpha value is -4.66. The van der Waals surface area contributed by atoms with Crippen LogP contribution in [0.15, 0.2) is 54.7 Å². The Morgan fingerprint density at radius 3 is 2.70 bits per heavy atom. The Morgan fingerprint density at radius 1 is 1.14 bits per heavy atom. The van der Waals surface area contributed by atoms with Gasteiger partial charge in [-0.15, -0.1) is 0 Å². The number of rotatable bonds is 2. The average molecular weight is 506 g/mol. The van der Waals surface area contributed by atoms with Crippen LogP contribution in [0.1, 0.15) is 17.5 Å². The number of amides is 5. The third-order valence-corrected chi connectivity index (χ3v) is 7.07. The van der Waals surface area contributed by atoms with E-state index < -0.39 is 47.8 Å². The molecule has 37 heavy (non-hydrogen) atoms. The quantitative estimate of drug-likeness (QED) is 0.530. The van der Waals surface area contributed by atoms with Crippen LogP contribution in [0.4, 0.5) is 34.1 Å². The first-order valence-corrected chi connectivity index (χ1v) is 11.4. The van der Waals surface area contributed by atoms with Gasteiger partial charge in [-0.05, 0) is 48.9 Å². The number of hydrogen-bond donors (Lipinski definition) is 1. The maximum atomic E-state index is 13.6. The highest BCUT2D eigenvalue weighted by Crippen LogP contribution is 2.44. The molecule has 1 N–H and O–H groups in total. The summed E-state index contributed by atoms with van der Waals surface area (Å²) in [6.07, 6.45) is -2.65. The van der Waals surface area contributed by atoms with Crippen LogP contribution in [0.3, 0.4) is 0 Å². The van der Waals surface area contributed by atoms with Crippen molar-refractivity contribution in [2.45, 2.75) is 30.7 Å². The topological polar surface area (TPSA) is 110 Å². The predicted octanol–water partition coefficient (Wildman–Crippen LogP) is 3.95. The number of nitriles is 1. The summed E-state index contributed by atoms with van der Waals surface area (Å²) in [5, 5.41) is 12.4. The van der Waals surface area contributed by atoms with E-state index in [1.54, 1.807) is 12.1 Å². The number of fused-ring (bicyclic) bond motifs is 6. The molecule has 0 saturated carbocycles. The van der Waals surface area contributed by atoms with Gasteiger partial charge in [-0.1, -0.05) is 6.07 Å². The number of imide groups is 1. The van der Waals surface area contributed by atoms with E-state index in [0.717, 1.165) is 17.0 Å². The zero-order valence-electron chi connectivity index (χ0n) is 18.9. The number of carbonyl (C=O) groups excluding carboxylic acids is 3. The molecule has 1 aromatic heterocycles. The second kappa shape index (κ2) is 7.92. The first kappa shape index (κ1) is 22.8. The van der Waals surface area contributed by atoms with Gasteiger partial charge in [0.1, 0.15) is 12.1 Å². The third-order valence-electron chi connectivity index (χ3n) is 7.07. The molecule has 0 unspecified atom stereocenters. The number of anilines is 2. The van der Waals surface area contributed by atoms with Crippen LogP contribution in [0.2, 0.25) is 0 Å². The van der Waals surface area contributed by atoms with Crippen molar-refractivity contribution in [1.82, 2.24) is 14.8 Å². The van der Waals surface area contributed by atoms with E-state index in [4.69, 9.17) is 0 Å². The molecule has 9 nitrogen and oxygen atoms in total. The molecule has 186 valence electrons. The van der Waals surface area contributed by atoms with Gasteiger partial charge in [0.15, 0.2) is 0 Å². The molecule has 3 atom stereocenters. The monoisotopic (exact) mass is 506 g/mol. The number of alkyl halides is 3. The number of halogens is 3. The van der Waals surface area contributed by atoms with E-state index in [-0.39, 0.29) is 12.2 Å². The van der Waals surface area contributed by atoms with E-state index in [1.165, 1.54) is 40.3 Å². The van der Waals surface area contributed by atoms with Gasteiger partial charge in [-0.2, -0.15) is 18.4 Å². The number of nitrogens with one attached hydrogen (secondary N) is 1. The minimum atomic E-state index is -4.56. The fraction of sp³-hybridized carbons (Fsp3) is 0.240. The fourth-order valence-corrected chi connectivity index (χ4v) is 5.52. The summed E-state index contributed by atoms with van der Waals surface area (Å²) >= 11 is 0. The van der Waals surface area contributed by atoms with Crippen molar-refractivity contribution in [2.24, 2.45) is 0 Å². The number of piperazine rings is 1. The van der Waals surface area contributed by atoms with Crippen LogP contribution in [0.5, 0.6) is 0 Å². The molecule has 2 bridgehead atoms. The number of carbonyl (C=O) groups is 3. The second-order valence-electron chi connectivity index (χ2n) is 9.07. The van der Waals surface area contributed by atoms with Crippen LogP contribution in [0.25, 0.3) is 10.9 Å². The van der Waals surface area contributed by atoms with Crippen LogP contribution < -0.4 is 10.2 Å². The first-order valence-electron chi connectivity index (χ1n) is 11.4. The molecule has 0 aliphatic carbocycles. The van der Waals surface area contributed by atoms with Crippen LogP contribution in [-0.4, -0.2) is 57.4 Å². The zero-order valence-corrected chi connectivity index (χ0v) is 18.9. The summed E-state index contributed by atoms with van der Waals surface area (Å²) < 4.78 is 39.1. The predicted molar refractivity (Wildman–Crippen MR) is 124 cm³/mol.